The van der Waals surface area contributed by atoms with E-state index in [4.69, 9.17) is 9.47 Å². The Morgan fingerprint density at radius 2 is 2.00 bits per heavy atom. The van der Waals surface area contributed by atoms with Crippen LogP contribution < -0.4 is 4.74 Å². The van der Waals surface area contributed by atoms with Crippen LogP contribution in [0.2, 0.25) is 0 Å². The first-order chi connectivity index (χ1) is 11.2. The fourth-order valence-corrected chi connectivity index (χ4v) is 3.13. The van der Waals surface area contributed by atoms with Crippen LogP contribution in [0.1, 0.15) is 29.7 Å². The third kappa shape index (κ3) is 3.02. The predicted molar refractivity (Wildman–Crippen MR) is 88.7 cm³/mol. The molecule has 0 spiro atoms. The average molecular weight is 311 g/mol. The fourth-order valence-electron chi connectivity index (χ4n) is 3.13. The van der Waals surface area contributed by atoms with Gasteiger partial charge < -0.3 is 9.47 Å². The van der Waals surface area contributed by atoms with Crippen molar-refractivity contribution in [1.82, 2.24) is 4.90 Å². The SMILES string of the molecule is CCOC(=O)N1CCc2cc(OC)ccc2C1c1ccccc1. The first-order valence-corrected chi connectivity index (χ1v) is 7.89. The lowest BCUT2D eigenvalue weighted by molar-refractivity contribution is 0.0937. The average Bonchev–Trinajstić information content (AvgIpc) is 2.61. The molecule has 0 radical (unpaired) electrons. The van der Waals surface area contributed by atoms with Crippen molar-refractivity contribution < 1.29 is 14.3 Å². The smallest absolute Gasteiger partial charge is 0.410 e. The largest absolute Gasteiger partial charge is 0.497 e. The van der Waals surface area contributed by atoms with Gasteiger partial charge in [0.05, 0.1) is 19.8 Å². The van der Waals surface area contributed by atoms with Crippen molar-refractivity contribution in [1.29, 1.82) is 0 Å². The van der Waals surface area contributed by atoms with Gasteiger partial charge in [-0.2, -0.15) is 0 Å². The monoisotopic (exact) mass is 311 g/mol. The van der Waals surface area contributed by atoms with E-state index in [1.54, 1.807) is 7.11 Å². The number of fused-ring (bicyclic) bond motifs is 1. The van der Waals surface area contributed by atoms with Crippen LogP contribution in [0.25, 0.3) is 0 Å². The maximum atomic E-state index is 12.4. The molecule has 23 heavy (non-hydrogen) atoms. The predicted octanol–water partition coefficient (Wildman–Crippen LogP) is 3.80. The minimum Gasteiger partial charge on any atom is -0.497 e. The summed E-state index contributed by atoms with van der Waals surface area (Å²) in [5.41, 5.74) is 3.45. The Labute approximate surface area is 136 Å². The van der Waals surface area contributed by atoms with Crippen molar-refractivity contribution in [3.63, 3.8) is 0 Å². The van der Waals surface area contributed by atoms with Gasteiger partial charge >= 0.3 is 6.09 Å². The minimum atomic E-state index is -0.261. The van der Waals surface area contributed by atoms with Crippen LogP contribution >= 0.6 is 0 Å². The molecule has 0 saturated carbocycles. The molecule has 120 valence electrons. The van der Waals surface area contributed by atoms with E-state index < -0.39 is 0 Å². The topological polar surface area (TPSA) is 38.8 Å². The first-order valence-electron chi connectivity index (χ1n) is 7.89. The maximum Gasteiger partial charge on any atom is 0.410 e. The van der Waals surface area contributed by atoms with Gasteiger partial charge in [-0.15, -0.1) is 0 Å². The second kappa shape index (κ2) is 6.73. The Morgan fingerprint density at radius 3 is 2.70 bits per heavy atom. The lowest BCUT2D eigenvalue weighted by Crippen LogP contribution is -2.40. The van der Waals surface area contributed by atoms with Crippen molar-refractivity contribution in [3.05, 3.63) is 65.2 Å². The highest BCUT2D eigenvalue weighted by molar-refractivity contribution is 5.70. The van der Waals surface area contributed by atoms with E-state index >= 15 is 0 Å². The molecule has 1 unspecified atom stereocenters. The summed E-state index contributed by atoms with van der Waals surface area (Å²) in [7, 11) is 1.67. The molecular weight excluding hydrogens is 290 g/mol. The molecule has 0 fully saturated rings. The number of hydrogen-bond donors (Lipinski definition) is 0. The highest BCUT2D eigenvalue weighted by atomic mass is 16.6. The molecule has 0 N–H and O–H groups in total. The normalized spacial score (nSPS) is 16.6. The second-order valence-electron chi connectivity index (χ2n) is 5.52. The van der Waals surface area contributed by atoms with Crippen LogP contribution in [0, 0.1) is 0 Å². The number of methoxy groups -OCH3 is 1. The second-order valence-corrected chi connectivity index (χ2v) is 5.52. The number of ether oxygens (including phenoxy) is 2. The lowest BCUT2D eigenvalue weighted by atomic mass is 9.88. The van der Waals surface area contributed by atoms with Gasteiger partial charge in [-0.1, -0.05) is 36.4 Å². The summed E-state index contributed by atoms with van der Waals surface area (Å²) < 4.78 is 10.6. The molecule has 1 aliphatic heterocycles. The van der Waals surface area contributed by atoms with E-state index in [1.807, 2.05) is 36.1 Å². The van der Waals surface area contributed by atoms with Crippen molar-refractivity contribution in [2.24, 2.45) is 0 Å². The number of carbonyl (C=O) groups excluding carboxylic acids is 1. The highest BCUT2D eigenvalue weighted by Crippen LogP contribution is 2.37. The number of amides is 1. The Bertz CT molecular complexity index is 684. The molecular formula is C19H21NO3. The zero-order chi connectivity index (χ0) is 16.2. The van der Waals surface area contributed by atoms with Crippen molar-refractivity contribution in [2.45, 2.75) is 19.4 Å². The molecule has 0 bridgehead atoms. The maximum absolute atomic E-state index is 12.4. The minimum absolute atomic E-state index is 0.120. The number of hydrogen-bond acceptors (Lipinski definition) is 3. The van der Waals surface area contributed by atoms with Gasteiger partial charge in [-0.05, 0) is 42.2 Å². The molecule has 3 rings (SSSR count). The molecule has 0 aromatic heterocycles. The summed E-state index contributed by atoms with van der Waals surface area (Å²) in [6, 6.07) is 16.0. The highest BCUT2D eigenvalue weighted by Gasteiger charge is 2.32. The summed E-state index contributed by atoms with van der Waals surface area (Å²) >= 11 is 0. The summed E-state index contributed by atoms with van der Waals surface area (Å²) in [4.78, 5) is 14.2. The van der Waals surface area contributed by atoms with Gasteiger partial charge in [0, 0.05) is 6.54 Å². The molecule has 4 nitrogen and oxygen atoms in total. The van der Waals surface area contributed by atoms with Gasteiger partial charge in [0.15, 0.2) is 0 Å². The van der Waals surface area contributed by atoms with Gasteiger partial charge in [0.25, 0.3) is 0 Å². The number of carbonyl (C=O) groups is 1. The number of benzene rings is 2. The zero-order valence-electron chi connectivity index (χ0n) is 13.5. The van der Waals surface area contributed by atoms with E-state index in [9.17, 15) is 4.79 Å². The van der Waals surface area contributed by atoms with Gasteiger partial charge in [-0.3, -0.25) is 4.90 Å². The van der Waals surface area contributed by atoms with Crippen molar-refractivity contribution in [2.75, 3.05) is 20.3 Å². The van der Waals surface area contributed by atoms with E-state index in [2.05, 4.69) is 24.3 Å². The van der Waals surface area contributed by atoms with E-state index in [0.29, 0.717) is 13.2 Å². The van der Waals surface area contributed by atoms with Gasteiger partial charge in [0.1, 0.15) is 5.75 Å². The quantitative estimate of drug-likeness (QED) is 0.865. The van der Waals surface area contributed by atoms with Crippen LogP contribution in [0.4, 0.5) is 4.79 Å². The lowest BCUT2D eigenvalue weighted by Gasteiger charge is -2.37. The Morgan fingerprint density at radius 1 is 1.22 bits per heavy atom. The molecule has 1 atom stereocenters. The van der Waals surface area contributed by atoms with Gasteiger partial charge in [0.2, 0.25) is 0 Å². The molecule has 2 aromatic rings. The summed E-state index contributed by atoms with van der Waals surface area (Å²) in [5.74, 6) is 0.847. The van der Waals surface area contributed by atoms with E-state index in [1.165, 1.54) is 5.56 Å². The summed E-state index contributed by atoms with van der Waals surface area (Å²) in [5, 5.41) is 0. The zero-order valence-corrected chi connectivity index (χ0v) is 13.5. The number of nitrogens with zero attached hydrogens (tertiary/aromatic N) is 1. The summed E-state index contributed by atoms with van der Waals surface area (Å²) in [6.45, 7) is 2.85. The Hall–Kier alpha value is -2.49. The molecule has 2 aromatic carbocycles. The van der Waals surface area contributed by atoms with E-state index in [-0.39, 0.29) is 12.1 Å². The number of rotatable bonds is 3. The first kappa shape index (κ1) is 15.4. The molecule has 1 amide bonds. The van der Waals surface area contributed by atoms with Crippen LogP contribution in [0.3, 0.4) is 0 Å². The van der Waals surface area contributed by atoms with Gasteiger partial charge in [-0.25, -0.2) is 4.79 Å². The Balaban J connectivity index is 2.05. The Kier molecular flexibility index (Phi) is 4.51. The van der Waals surface area contributed by atoms with Crippen LogP contribution in [-0.4, -0.2) is 31.3 Å². The van der Waals surface area contributed by atoms with Crippen LogP contribution in [0.5, 0.6) is 5.75 Å². The van der Waals surface area contributed by atoms with Crippen molar-refractivity contribution in [3.8, 4) is 5.75 Å². The molecule has 0 saturated heterocycles. The fraction of sp³-hybridized carbons (Fsp3) is 0.316. The summed E-state index contributed by atoms with van der Waals surface area (Å²) in [6.07, 6.45) is 0.539. The molecule has 4 heteroatoms. The third-order valence-corrected chi connectivity index (χ3v) is 4.20. The van der Waals surface area contributed by atoms with Crippen LogP contribution in [0.15, 0.2) is 48.5 Å². The van der Waals surface area contributed by atoms with Crippen molar-refractivity contribution >= 4 is 6.09 Å². The molecule has 0 aliphatic carbocycles. The third-order valence-electron chi connectivity index (χ3n) is 4.20. The molecule has 1 aliphatic rings. The molecule has 1 heterocycles. The van der Waals surface area contributed by atoms with Crippen LogP contribution in [-0.2, 0) is 11.2 Å². The standard InChI is InChI=1S/C19H21NO3/c1-3-23-19(21)20-12-11-15-13-16(22-2)9-10-17(15)18(20)14-7-5-4-6-8-14/h4-10,13,18H,3,11-12H2,1-2H3. The van der Waals surface area contributed by atoms with E-state index in [0.717, 1.165) is 23.3 Å².